The second-order valence-corrected chi connectivity index (χ2v) is 6.70. The highest BCUT2D eigenvalue weighted by molar-refractivity contribution is 6.03. The summed E-state index contributed by atoms with van der Waals surface area (Å²) in [5.41, 5.74) is 13.2. The summed E-state index contributed by atoms with van der Waals surface area (Å²) in [5, 5.41) is 7.93. The number of carbonyl (C=O) groups excluding carboxylic acids is 1. The Balaban J connectivity index is 1.65. The van der Waals surface area contributed by atoms with Gasteiger partial charge in [0.15, 0.2) is 0 Å². The van der Waals surface area contributed by atoms with Gasteiger partial charge in [0.05, 0.1) is 6.04 Å². The Kier molecular flexibility index (Phi) is 4.94. The van der Waals surface area contributed by atoms with Crippen molar-refractivity contribution in [3.63, 3.8) is 0 Å². The smallest absolute Gasteiger partial charge is 0.254 e. The number of benzene rings is 1. The maximum Gasteiger partial charge on any atom is 0.254 e. The third-order valence-electron chi connectivity index (χ3n) is 4.82. The van der Waals surface area contributed by atoms with Gasteiger partial charge < -0.3 is 21.5 Å². The number of hydrogen-bond donors (Lipinski definition) is 3. The molecule has 1 saturated heterocycles. The van der Waals surface area contributed by atoms with Crippen molar-refractivity contribution in [2.24, 2.45) is 5.73 Å². The van der Waals surface area contributed by atoms with E-state index in [0.29, 0.717) is 28.7 Å². The maximum absolute atomic E-state index is 12.1. The van der Waals surface area contributed by atoms with Crippen LogP contribution in [0.1, 0.15) is 29.2 Å². The summed E-state index contributed by atoms with van der Waals surface area (Å²) in [6.07, 6.45) is 3.40. The van der Waals surface area contributed by atoms with Gasteiger partial charge in [-0.25, -0.2) is 9.67 Å². The molecule has 2 aromatic heterocycles. The molecule has 0 radical (unpaired) electrons. The summed E-state index contributed by atoms with van der Waals surface area (Å²) < 4.78 is 7.44. The van der Waals surface area contributed by atoms with Crippen LogP contribution in [0.3, 0.4) is 0 Å². The predicted octanol–water partition coefficient (Wildman–Crippen LogP) is 2.34. The minimum absolute atomic E-state index is 0.141. The molecular weight excluding hydrogens is 356 g/mol. The number of nitrogen functional groups attached to an aromatic ring is 1. The highest BCUT2D eigenvalue weighted by Crippen LogP contribution is 2.32. The fourth-order valence-corrected chi connectivity index (χ4v) is 3.41. The number of carbonyl (C=O) groups is 1. The second-order valence-electron chi connectivity index (χ2n) is 6.70. The largest absolute Gasteiger partial charge is 0.439 e. The zero-order valence-electron chi connectivity index (χ0n) is 15.3. The number of pyridine rings is 1. The summed E-state index contributed by atoms with van der Waals surface area (Å²) in [5.74, 6) is 0.845. The van der Waals surface area contributed by atoms with Crippen molar-refractivity contribution < 1.29 is 9.53 Å². The predicted molar refractivity (Wildman–Crippen MR) is 106 cm³/mol. The van der Waals surface area contributed by atoms with E-state index >= 15 is 0 Å². The molecule has 144 valence electrons. The van der Waals surface area contributed by atoms with Crippen LogP contribution in [-0.4, -0.2) is 33.8 Å². The standard InChI is InChI=1S/C20H22N6O2/c21-19-17(20(22)27)18(25-26(19)14-8-10-23-11-9-14)13-6-7-16(24-12-13)28-15-4-2-1-3-5-15/h1-7,12,14,23H,8-11,21H2,(H2,22,27). The Morgan fingerprint density at radius 1 is 1.14 bits per heavy atom. The molecule has 28 heavy (non-hydrogen) atoms. The van der Waals surface area contributed by atoms with Gasteiger partial charge >= 0.3 is 0 Å². The lowest BCUT2D eigenvalue weighted by Gasteiger charge is -2.23. The lowest BCUT2D eigenvalue weighted by Crippen LogP contribution is -2.30. The highest BCUT2D eigenvalue weighted by atomic mass is 16.5. The fourth-order valence-electron chi connectivity index (χ4n) is 3.41. The molecule has 0 saturated carbocycles. The van der Waals surface area contributed by atoms with E-state index < -0.39 is 5.91 Å². The first-order valence-corrected chi connectivity index (χ1v) is 9.21. The number of hydrogen-bond acceptors (Lipinski definition) is 6. The summed E-state index contributed by atoms with van der Waals surface area (Å²) in [7, 11) is 0. The number of amides is 1. The summed E-state index contributed by atoms with van der Waals surface area (Å²) in [6.45, 7) is 1.77. The Morgan fingerprint density at radius 3 is 2.54 bits per heavy atom. The molecule has 1 aromatic carbocycles. The molecule has 5 N–H and O–H groups in total. The van der Waals surface area contributed by atoms with E-state index in [0.717, 1.165) is 25.9 Å². The van der Waals surface area contributed by atoms with Gasteiger partial charge in [-0.15, -0.1) is 0 Å². The summed E-state index contributed by atoms with van der Waals surface area (Å²) >= 11 is 0. The molecule has 1 amide bonds. The first kappa shape index (κ1) is 18.0. The minimum atomic E-state index is -0.600. The number of anilines is 1. The number of nitrogens with two attached hydrogens (primary N) is 2. The van der Waals surface area contributed by atoms with E-state index in [2.05, 4.69) is 15.4 Å². The Morgan fingerprint density at radius 2 is 1.89 bits per heavy atom. The number of para-hydroxylation sites is 1. The van der Waals surface area contributed by atoms with Gasteiger partial charge in [0.25, 0.3) is 5.91 Å². The number of nitrogens with one attached hydrogen (secondary N) is 1. The van der Waals surface area contributed by atoms with Gasteiger partial charge in [0.1, 0.15) is 22.8 Å². The molecule has 0 unspecified atom stereocenters. The molecule has 1 aliphatic heterocycles. The Hall–Kier alpha value is -3.39. The molecule has 4 rings (SSSR count). The normalized spacial score (nSPS) is 14.7. The number of piperidine rings is 1. The van der Waals surface area contributed by atoms with Crippen LogP contribution >= 0.6 is 0 Å². The molecule has 1 aliphatic rings. The van der Waals surface area contributed by atoms with Crippen molar-refractivity contribution in [1.29, 1.82) is 0 Å². The van der Waals surface area contributed by atoms with E-state index in [4.69, 9.17) is 16.2 Å². The van der Waals surface area contributed by atoms with Gasteiger partial charge in [-0.2, -0.15) is 5.10 Å². The summed E-state index contributed by atoms with van der Waals surface area (Å²) in [6, 6.07) is 13.1. The van der Waals surface area contributed by atoms with Gasteiger partial charge in [0, 0.05) is 17.8 Å². The van der Waals surface area contributed by atoms with Crippen LogP contribution in [0.5, 0.6) is 11.6 Å². The van der Waals surface area contributed by atoms with Crippen molar-refractivity contribution in [3.05, 3.63) is 54.2 Å². The molecule has 0 bridgehead atoms. The van der Waals surface area contributed by atoms with Crippen LogP contribution in [0.4, 0.5) is 5.82 Å². The maximum atomic E-state index is 12.1. The van der Waals surface area contributed by atoms with Crippen molar-refractivity contribution >= 4 is 11.7 Å². The van der Waals surface area contributed by atoms with Crippen LogP contribution in [0.15, 0.2) is 48.7 Å². The van der Waals surface area contributed by atoms with Crippen LogP contribution in [-0.2, 0) is 0 Å². The average Bonchev–Trinajstić information content (AvgIpc) is 3.07. The van der Waals surface area contributed by atoms with Crippen LogP contribution in [0.2, 0.25) is 0 Å². The second kappa shape index (κ2) is 7.69. The van der Waals surface area contributed by atoms with Crippen molar-refractivity contribution in [3.8, 4) is 22.9 Å². The molecular formula is C20H22N6O2. The molecule has 3 aromatic rings. The van der Waals surface area contributed by atoms with Crippen molar-refractivity contribution in [2.75, 3.05) is 18.8 Å². The SMILES string of the molecule is NC(=O)c1c(-c2ccc(Oc3ccccc3)nc2)nn(C2CCNCC2)c1N. The molecule has 0 aliphatic carbocycles. The number of rotatable bonds is 5. The molecule has 0 spiro atoms. The molecule has 1 fully saturated rings. The van der Waals surface area contributed by atoms with E-state index in [1.807, 2.05) is 30.3 Å². The third-order valence-corrected chi connectivity index (χ3v) is 4.82. The molecule has 0 atom stereocenters. The zero-order chi connectivity index (χ0) is 19.5. The summed E-state index contributed by atoms with van der Waals surface area (Å²) in [4.78, 5) is 16.4. The van der Waals surface area contributed by atoms with E-state index in [9.17, 15) is 4.79 Å². The number of ether oxygens (including phenoxy) is 1. The highest BCUT2D eigenvalue weighted by Gasteiger charge is 2.26. The number of aromatic nitrogens is 3. The van der Waals surface area contributed by atoms with Crippen molar-refractivity contribution in [1.82, 2.24) is 20.1 Å². The molecule has 8 heteroatoms. The monoisotopic (exact) mass is 378 g/mol. The van der Waals surface area contributed by atoms with Crippen LogP contribution in [0, 0.1) is 0 Å². The number of nitrogens with zero attached hydrogens (tertiary/aromatic N) is 3. The number of primary amides is 1. The fraction of sp³-hybridized carbons (Fsp3) is 0.250. The van der Waals surface area contributed by atoms with E-state index in [1.54, 1.807) is 23.0 Å². The Labute approximate surface area is 162 Å². The minimum Gasteiger partial charge on any atom is -0.439 e. The van der Waals surface area contributed by atoms with Crippen LogP contribution < -0.4 is 21.5 Å². The van der Waals surface area contributed by atoms with E-state index in [-0.39, 0.29) is 11.6 Å². The lowest BCUT2D eigenvalue weighted by atomic mass is 10.1. The first-order valence-electron chi connectivity index (χ1n) is 9.21. The van der Waals surface area contributed by atoms with Crippen molar-refractivity contribution in [2.45, 2.75) is 18.9 Å². The van der Waals surface area contributed by atoms with Gasteiger partial charge in [0.2, 0.25) is 5.88 Å². The Bertz CT molecular complexity index is 962. The molecule has 3 heterocycles. The van der Waals surface area contributed by atoms with Gasteiger partial charge in [-0.1, -0.05) is 18.2 Å². The molecule has 8 nitrogen and oxygen atoms in total. The van der Waals surface area contributed by atoms with Gasteiger partial charge in [-0.05, 0) is 44.1 Å². The lowest BCUT2D eigenvalue weighted by molar-refractivity contribution is 0.100. The average molecular weight is 378 g/mol. The topological polar surface area (TPSA) is 121 Å². The quantitative estimate of drug-likeness (QED) is 0.626. The zero-order valence-corrected chi connectivity index (χ0v) is 15.3. The first-order chi connectivity index (χ1) is 13.6. The van der Waals surface area contributed by atoms with Gasteiger partial charge in [-0.3, -0.25) is 4.79 Å². The van der Waals surface area contributed by atoms with Crippen LogP contribution in [0.25, 0.3) is 11.3 Å². The van der Waals surface area contributed by atoms with E-state index in [1.165, 1.54) is 0 Å². The third kappa shape index (κ3) is 3.54.